The fourth-order valence-electron chi connectivity index (χ4n) is 1.89. The molecule has 0 aliphatic carbocycles. The summed E-state index contributed by atoms with van der Waals surface area (Å²) in [4.78, 5) is 3.92. The van der Waals surface area contributed by atoms with Crippen molar-refractivity contribution in [1.82, 2.24) is 10.1 Å². The summed E-state index contributed by atoms with van der Waals surface area (Å²) < 4.78 is 45.0. The molecule has 1 heterocycles. The van der Waals surface area contributed by atoms with Crippen LogP contribution in [0.3, 0.4) is 0 Å². The highest BCUT2D eigenvalue weighted by atomic mass is 19.1. The van der Waals surface area contributed by atoms with Crippen molar-refractivity contribution >= 4 is 5.69 Å². The van der Waals surface area contributed by atoms with Gasteiger partial charge in [-0.05, 0) is 24.3 Å². The highest BCUT2D eigenvalue weighted by Crippen LogP contribution is 2.29. The van der Waals surface area contributed by atoms with Crippen LogP contribution in [0.4, 0.5) is 18.9 Å². The molecule has 0 saturated heterocycles. The number of hydrogen-bond donors (Lipinski definition) is 1. The van der Waals surface area contributed by atoms with Gasteiger partial charge in [-0.3, -0.25) is 0 Å². The summed E-state index contributed by atoms with van der Waals surface area (Å²) in [6.45, 7) is 0. The van der Waals surface area contributed by atoms with Gasteiger partial charge in [-0.1, -0.05) is 11.2 Å². The van der Waals surface area contributed by atoms with Gasteiger partial charge in [0, 0.05) is 17.3 Å². The molecule has 21 heavy (non-hydrogen) atoms. The molecule has 0 unspecified atom stereocenters. The average Bonchev–Trinajstić information content (AvgIpc) is 2.87. The molecule has 2 N–H and O–H groups in total. The van der Waals surface area contributed by atoms with Crippen LogP contribution >= 0.6 is 0 Å². The van der Waals surface area contributed by atoms with Gasteiger partial charge in [0.2, 0.25) is 5.82 Å². The second kappa shape index (κ2) is 4.93. The molecular weight excluding hydrogens is 283 g/mol. The van der Waals surface area contributed by atoms with Crippen LogP contribution < -0.4 is 5.73 Å². The van der Waals surface area contributed by atoms with Gasteiger partial charge in [-0.25, -0.2) is 13.2 Å². The standard InChI is InChI=1S/C14H8F3N3O/c15-8-4-7(5-9(16)6-8)13-19-14(21-20-13)12-10(17)2-1-3-11(12)18/h1-6H,18H2. The highest BCUT2D eigenvalue weighted by molar-refractivity contribution is 5.72. The van der Waals surface area contributed by atoms with Crippen LogP contribution in [0.1, 0.15) is 0 Å². The summed E-state index contributed by atoms with van der Waals surface area (Å²) in [7, 11) is 0. The maximum atomic E-state index is 13.7. The second-order valence-electron chi connectivity index (χ2n) is 4.29. The smallest absolute Gasteiger partial charge is 0.263 e. The molecule has 0 atom stereocenters. The number of hydrogen-bond acceptors (Lipinski definition) is 4. The number of anilines is 1. The van der Waals surface area contributed by atoms with E-state index in [9.17, 15) is 13.2 Å². The minimum absolute atomic E-state index is 0.0480. The molecule has 0 spiro atoms. The maximum Gasteiger partial charge on any atom is 0.263 e. The number of nitrogen functional groups attached to an aromatic ring is 1. The average molecular weight is 291 g/mol. The lowest BCUT2D eigenvalue weighted by atomic mass is 10.1. The van der Waals surface area contributed by atoms with E-state index in [0.29, 0.717) is 0 Å². The number of aromatic nitrogens is 2. The van der Waals surface area contributed by atoms with Crippen molar-refractivity contribution in [3.05, 3.63) is 53.8 Å². The summed E-state index contributed by atoms with van der Waals surface area (Å²) in [5.74, 6) is -2.41. The van der Waals surface area contributed by atoms with E-state index in [1.165, 1.54) is 18.2 Å². The normalized spacial score (nSPS) is 10.8. The Balaban J connectivity index is 2.08. The molecule has 106 valence electrons. The van der Waals surface area contributed by atoms with Crippen LogP contribution in [0.15, 0.2) is 40.9 Å². The molecule has 0 amide bonds. The van der Waals surface area contributed by atoms with E-state index in [4.69, 9.17) is 10.3 Å². The van der Waals surface area contributed by atoms with Crippen LogP contribution in [-0.2, 0) is 0 Å². The van der Waals surface area contributed by atoms with Gasteiger partial charge in [-0.2, -0.15) is 4.98 Å². The molecule has 2 aromatic carbocycles. The van der Waals surface area contributed by atoms with E-state index in [1.54, 1.807) is 0 Å². The third-order valence-corrected chi connectivity index (χ3v) is 2.81. The monoisotopic (exact) mass is 291 g/mol. The lowest BCUT2D eigenvalue weighted by Crippen LogP contribution is -1.93. The summed E-state index contributed by atoms with van der Waals surface area (Å²) in [5, 5.41) is 3.59. The molecular formula is C14H8F3N3O. The lowest BCUT2D eigenvalue weighted by Gasteiger charge is -2.00. The highest BCUT2D eigenvalue weighted by Gasteiger charge is 2.17. The van der Waals surface area contributed by atoms with E-state index in [1.807, 2.05) is 0 Å². The summed E-state index contributed by atoms with van der Waals surface area (Å²) >= 11 is 0. The van der Waals surface area contributed by atoms with Gasteiger partial charge in [0.15, 0.2) is 0 Å². The first-order chi connectivity index (χ1) is 10.0. The molecule has 7 heteroatoms. The molecule has 0 fully saturated rings. The molecule has 4 nitrogen and oxygen atoms in total. The Morgan fingerprint density at radius 1 is 1.00 bits per heavy atom. The molecule has 0 saturated carbocycles. The van der Waals surface area contributed by atoms with Crippen molar-refractivity contribution in [3.8, 4) is 22.8 Å². The van der Waals surface area contributed by atoms with E-state index in [-0.39, 0.29) is 28.5 Å². The Labute approximate surface area is 117 Å². The summed E-state index contributed by atoms with van der Waals surface area (Å²) in [6, 6.07) is 6.92. The van der Waals surface area contributed by atoms with Crippen molar-refractivity contribution < 1.29 is 17.7 Å². The van der Waals surface area contributed by atoms with Crippen LogP contribution in [0, 0.1) is 17.5 Å². The zero-order valence-electron chi connectivity index (χ0n) is 10.5. The number of halogens is 3. The van der Waals surface area contributed by atoms with E-state index < -0.39 is 17.5 Å². The Morgan fingerprint density at radius 2 is 1.71 bits per heavy atom. The van der Waals surface area contributed by atoms with E-state index in [2.05, 4.69) is 10.1 Å². The van der Waals surface area contributed by atoms with Crippen LogP contribution in [0.5, 0.6) is 0 Å². The number of rotatable bonds is 2. The molecule has 0 aliphatic heterocycles. The zero-order valence-corrected chi connectivity index (χ0v) is 10.5. The number of nitrogens with two attached hydrogens (primary N) is 1. The number of benzene rings is 2. The Hall–Kier alpha value is -2.83. The van der Waals surface area contributed by atoms with Gasteiger partial charge in [0.25, 0.3) is 5.89 Å². The van der Waals surface area contributed by atoms with Crippen LogP contribution in [0.25, 0.3) is 22.8 Å². The van der Waals surface area contributed by atoms with Gasteiger partial charge in [-0.15, -0.1) is 0 Å². The Bertz CT molecular complexity index is 776. The third kappa shape index (κ3) is 2.45. The predicted octanol–water partition coefficient (Wildman–Crippen LogP) is 3.40. The maximum absolute atomic E-state index is 13.7. The van der Waals surface area contributed by atoms with E-state index in [0.717, 1.165) is 18.2 Å². The summed E-state index contributed by atoms with van der Waals surface area (Å²) in [5.41, 5.74) is 5.82. The van der Waals surface area contributed by atoms with Gasteiger partial charge < -0.3 is 10.3 Å². The third-order valence-electron chi connectivity index (χ3n) is 2.81. The van der Waals surface area contributed by atoms with E-state index >= 15 is 0 Å². The Kier molecular flexibility index (Phi) is 3.09. The van der Waals surface area contributed by atoms with Crippen molar-refractivity contribution in [2.45, 2.75) is 0 Å². The van der Waals surface area contributed by atoms with Gasteiger partial charge >= 0.3 is 0 Å². The molecule has 3 rings (SSSR count). The first-order valence-corrected chi connectivity index (χ1v) is 5.89. The first kappa shape index (κ1) is 13.2. The predicted molar refractivity (Wildman–Crippen MR) is 69.5 cm³/mol. The lowest BCUT2D eigenvalue weighted by molar-refractivity contribution is 0.430. The second-order valence-corrected chi connectivity index (χ2v) is 4.29. The van der Waals surface area contributed by atoms with Gasteiger partial charge in [0.05, 0.1) is 5.56 Å². The number of nitrogens with zero attached hydrogens (tertiary/aromatic N) is 2. The van der Waals surface area contributed by atoms with Crippen molar-refractivity contribution in [3.63, 3.8) is 0 Å². The minimum atomic E-state index is -0.776. The summed E-state index contributed by atoms with van der Waals surface area (Å²) in [6.07, 6.45) is 0. The first-order valence-electron chi connectivity index (χ1n) is 5.89. The minimum Gasteiger partial charge on any atom is -0.398 e. The molecule has 3 aromatic rings. The van der Waals surface area contributed by atoms with Crippen molar-refractivity contribution in [2.75, 3.05) is 5.73 Å². The van der Waals surface area contributed by atoms with Gasteiger partial charge in [0.1, 0.15) is 17.5 Å². The van der Waals surface area contributed by atoms with Crippen LogP contribution in [0.2, 0.25) is 0 Å². The molecule has 0 bridgehead atoms. The van der Waals surface area contributed by atoms with Crippen molar-refractivity contribution in [2.24, 2.45) is 0 Å². The molecule has 1 aromatic heterocycles. The topological polar surface area (TPSA) is 64.9 Å². The Morgan fingerprint density at radius 3 is 2.38 bits per heavy atom. The largest absolute Gasteiger partial charge is 0.398 e. The van der Waals surface area contributed by atoms with Crippen LogP contribution in [-0.4, -0.2) is 10.1 Å². The molecule has 0 radical (unpaired) electrons. The quantitative estimate of drug-likeness (QED) is 0.735. The fraction of sp³-hybridized carbons (Fsp3) is 0. The fourth-order valence-corrected chi connectivity index (χ4v) is 1.89. The molecule has 0 aliphatic rings. The zero-order chi connectivity index (χ0) is 15.0. The van der Waals surface area contributed by atoms with Crippen molar-refractivity contribution in [1.29, 1.82) is 0 Å². The SMILES string of the molecule is Nc1cccc(F)c1-c1nc(-c2cc(F)cc(F)c2)no1.